The summed E-state index contributed by atoms with van der Waals surface area (Å²) in [5.74, 6) is 0.936. The van der Waals surface area contributed by atoms with Crippen LogP contribution in [0.2, 0.25) is 0 Å². The van der Waals surface area contributed by atoms with Crippen molar-refractivity contribution in [2.75, 3.05) is 13.2 Å². The van der Waals surface area contributed by atoms with Crippen molar-refractivity contribution >= 4 is 15.9 Å². The Morgan fingerprint density at radius 1 is 1.19 bits per heavy atom. The van der Waals surface area contributed by atoms with E-state index in [1.807, 2.05) is 0 Å². The standard InChI is InChI=1S/C13H18BrNO/c14-13-11-5-3-1-2-4-10(11)6-7-12(13)16-9-8-15/h6-7H,1-5,8-9,15H2. The molecule has 0 radical (unpaired) electrons. The number of nitrogens with two attached hydrogens (primary N) is 1. The molecule has 0 atom stereocenters. The van der Waals surface area contributed by atoms with E-state index in [9.17, 15) is 0 Å². The van der Waals surface area contributed by atoms with E-state index in [0.717, 1.165) is 16.6 Å². The van der Waals surface area contributed by atoms with Crippen LogP contribution in [0.15, 0.2) is 16.6 Å². The van der Waals surface area contributed by atoms with Crippen LogP contribution in [0, 0.1) is 0 Å². The van der Waals surface area contributed by atoms with Crippen LogP contribution in [0.3, 0.4) is 0 Å². The molecular weight excluding hydrogens is 266 g/mol. The Labute approximate surface area is 105 Å². The Morgan fingerprint density at radius 3 is 2.81 bits per heavy atom. The highest BCUT2D eigenvalue weighted by Gasteiger charge is 2.14. The molecule has 0 aromatic heterocycles. The van der Waals surface area contributed by atoms with Gasteiger partial charge in [0.05, 0.1) is 4.47 Å². The predicted octanol–water partition coefficient (Wildman–Crippen LogP) is 3.06. The average molecular weight is 284 g/mol. The van der Waals surface area contributed by atoms with E-state index >= 15 is 0 Å². The number of fused-ring (bicyclic) bond motifs is 1. The summed E-state index contributed by atoms with van der Waals surface area (Å²) in [6.45, 7) is 1.14. The smallest absolute Gasteiger partial charge is 0.133 e. The molecule has 0 heterocycles. The molecule has 0 saturated carbocycles. The van der Waals surface area contributed by atoms with E-state index in [1.165, 1.54) is 36.8 Å². The molecule has 16 heavy (non-hydrogen) atoms. The zero-order valence-electron chi connectivity index (χ0n) is 9.47. The predicted molar refractivity (Wildman–Crippen MR) is 70.0 cm³/mol. The molecule has 1 aliphatic rings. The molecular formula is C13H18BrNO. The van der Waals surface area contributed by atoms with Crippen molar-refractivity contribution in [2.24, 2.45) is 5.73 Å². The topological polar surface area (TPSA) is 35.2 Å². The van der Waals surface area contributed by atoms with Crippen molar-refractivity contribution in [1.29, 1.82) is 0 Å². The van der Waals surface area contributed by atoms with E-state index in [-0.39, 0.29) is 0 Å². The molecule has 0 bridgehead atoms. The second-order valence-corrected chi connectivity index (χ2v) is 5.01. The lowest BCUT2D eigenvalue weighted by molar-refractivity contribution is 0.326. The molecule has 88 valence electrons. The third-order valence-electron chi connectivity index (χ3n) is 3.05. The van der Waals surface area contributed by atoms with Gasteiger partial charge in [0.25, 0.3) is 0 Å². The maximum absolute atomic E-state index is 5.62. The van der Waals surface area contributed by atoms with Crippen LogP contribution in [-0.4, -0.2) is 13.2 Å². The molecule has 2 rings (SSSR count). The van der Waals surface area contributed by atoms with E-state index in [1.54, 1.807) is 0 Å². The van der Waals surface area contributed by atoms with Crippen molar-refractivity contribution in [3.63, 3.8) is 0 Å². The molecule has 2 N–H and O–H groups in total. The zero-order valence-corrected chi connectivity index (χ0v) is 11.1. The van der Waals surface area contributed by atoms with Crippen LogP contribution in [0.5, 0.6) is 5.75 Å². The van der Waals surface area contributed by atoms with Crippen LogP contribution in [0.4, 0.5) is 0 Å². The Morgan fingerprint density at radius 2 is 2.00 bits per heavy atom. The molecule has 1 aromatic rings. The number of halogens is 1. The van der Waals surface area contributed by atoms with Gasteiger partial charge in [-0.2, -0.15) is 0 Å². The van der Waals surface area contributed by atoms with Gasteiger partial charge in [-0.15, -0.1) is 0 Å². The molecule has 0 saturated heterocycles. The summed E-state index contributed by atoms with van der Waals surface area (Å²) in [6.07, 6.45) is 6.29. The highest BCUT2D eigenvalue weighted by atomic mass is 79.9. The minimum absolute atomic E-state index is 0.559. The number of hydrogen-bond donors (Lipinski definition) is 1. The second kappa shape index (κ2) is 5.69. The van der Waals surface area contributed by atoms with E-state index < -0.39 is 0 Å². The molecule has 0 spiro atoms. The normalized spacial score (nSPS) is 15.4. The van der Waals surface area contributed by atoms with Crippen molar-refractivity contribution in [3.8, 4) is 5.75 Å². The molecule has 0 amide bonds. The molecule has 0 aliphatic heterocycles. The van der Waals surface area contributed by atoms with Gasteiger partial charge in [0, 0.05) is 6.54 Å². The lowest BCUT2D eigenvalue weighted by Gasteiger charge is -2.13. The summed E-state index contributed by atoms with van der Waals surface area (Å²) in [6, 6.07) is 4.27. The molecule has 1 aliphatic carbocycles. The van der Waals surface area contributed by atoms with Gasteiger partial charge in [-0.3, -0.25) is 0 Å². The molecule has 2 nitrogen and oxygen atoms in total. The maximum atomic E-state index is 5.62. The minimum atomic E-state index is 0.559. The third-order valence-corrected chi connectivity index (χ3v) is 3.92. The van der Waals surface area contributed by atoms with E-state index in [2.05, 4.69) is 28.1 Å². The Kier molecular flexibility index (Phi) is 4.24. The Bertz CT molecular complexity index is 365. The number of aryl methyl sites for hydroxylation is 1. The van der Waals surface area contributed by atoms with Crippen molar-refractivity contribution in [2.45, 2.75) is 32.1 Å². The lowest BCUT2D eigenvalue weighted by atomic mass is 10.0. The van der Waals surface area contributed by atoms with Gasteiger partial charge in [0.15, 0.2) is 0 Å². The molecule has 0 unspecified atom stereocenters. The fourth-order valence-corrected chi connectivity index (χ4v) is 2.92. The molecule has 0 fully saturated rings. The second-order valence-electron chi connectivity index (χ2n) is 4.21. The first kappa shape index (κ1) is 11.9. The van der Waals surface area contributed by atoms with Crippen LogP contribution in [0.1, 0.15) is 30.4 Å². The summed E-state index contributed by atoms with van der Waals surface area (Å²) in [7, 11) is 0. The van der Waals surface area contributed by atoms with Crippen molar-refractivity contribution in [3.05, 3.63) is 27.7 Å². The van der Waals surface area contributed by atoms with Crippen LogP contribution in [0.25, 0.3) is 0 Å². The number of ether oxygens (including phenoxy) is 1. The van der Waals surface area contributed by atoms with Crippen LogP contribution < -0.4 is 10.5 Å². The van der Waals surface area contributed by atoms with Gasteiger partial charge >= 0.3 is 0 Å². The summed E-state index contributed by atoms with van der Waals surface area (Å²) in [5, 5.41) is 0. The molecule has 1 aromatic carbocycles. The zero-order chi connectivity index (χ0) is 11.4. The maximum Gasteiger partial charge on any atom is 0.133 e. The number of benzene rings is 1. The van der Waals surface area contributed by atoms with Crippen LogP contribution >= 0.6 is 15.9 Å². The average Bonchev–Trinajstić information content (AvgIpc) is 2.54. The van der Waals surface area contributed by atoms with Crippen molar-refractivity contribution in [1.82, 2.24) is 0 Å². The summed E-state index contributed by atoms with van der Waals surface area (Å²) < 4.78 is 6.76. The largest absolute Gasteiger partial charge is 0.491 e. The highest BCUT2D eigenvalue weighted by Crippen LogP contribution is 2.34. The Balaban J connectivity index is 2.26. The van der Waals surface area contributed by atoms with Gasteiger partial charge in [-0.05, 0) is 58.8 Å². The summed E-state index contributed by atoms with van der Waals surface area (Å²) in [5.41, 5.74) is 8.36. The monoisotopic (exact) mass is 283 g/mol. The molecule has 3 heteroatoms. The summed E-state index contributed by atoms with van der Waals surface area (Å²) in [4.78, 5) is 0. The van der Waals surface area contributed by atoms with Gasteiger partial charge < -0.3 is 10.5 Å². The van der Waals surface area contributed by atoms with E-state index in [4.69, 9.17) is 10.5 Å². The Hall–Kier alpha value is -0.540. The first-order valence-corrected chi connectivity index (χ1v) is 6.75. The van der Waals surface area contributed by atoms with Crippen molar-refractivity contribution < 1.29 is 4.74 Å². The highest BCUT2D eigenvalue weighted by molar-refractivity contribution is 9.10. The van der Waals surface area contributed by atoms with Crippen LogP contribution in [-0.2, 0) is 12.8 Å². The van der Waals surface area contributed by atoms with Gasteiger partial charge in [-0.1, -0.05) is 12.5 Å². The van der Waals surface area contributed by atoms with Gasteiger partial charge in [0.1, 0.15) is 12.4 Å². The first-order valence-electron chi connectivity index (χ1n) is 5.96. The quantitative estimate of drug-likeness (QED) is 0.866. The number of rotatable bonds is 3. The SMILES string of the molecule is NCCOc1ccc2c(c1Br)CCCCC2. The number of hydrogen-bond acceptors (Lipinski definition) is 2. The fraction of sp³-hybridized carbons (Fsp3) is 0.538. The van der Waals surface area contributed by atoms with Gasteiger partial charge in [-0.25, -0.2) is 0 Å². The third kappa shape index (κ3) is 2.58. The minimum Gasteiger partial charge on any atom is -0.491 e. The lowest BCUT2D eigenvalue weighted by Crippen LogP contribution is -2.11. The first-order chi connectivity index (χ1) is 7.83. The fourth-order valence-electron chi connectivity index (χ4n) is 2.22. The van der Waals surface area contributed by atoms with E-state index in [0.29, 0.717) is 13.2 Å². The van der Waals surface area contributed by atoms with Gasteiger partial charge in [0.2, 0.25) is 0 Å². The summed E-state index contributed by atoms with van der Waals surface area (Å²) >= 11 is 3.67.